The largest absolute Gasteiger partial charge is 0.391 e. The second-order valence-corrected chi connectivity index (χ2v) is 3.21. The molecule has 1 saturated carbocycles. The number of hydrogen-bond acceptors (Lipinski definition) is 2. The summed E-state index contributed by atoms with van der Waals surface area (Å²) in [5, 5.41) is 13.5. The molecule has 1 N–H and O–H groups in total. The molecule has 0 saturated heterocycles. The van der Waals surface area contributed by atoms with Crippen LogP contribution in [0.5, 0.6) is 0 Å². The van der Waals surface area contributed by atoms with Gasteiger partial charge in [0.25, 0.3) is 0 Å². The second kappa shape index (κ2) is 2.34. The monoisotopic (exact) mass is 152 g/mol. The van der Waals surface area contributed by atoms with Crippen molar-refractivity contribution in [3.05, 3.63) is 18.0 Å². The predicted octanol–water partition coefficient (Wildman–Crippen LogP) is 0.887. The van der Waals surface area contributed by atoms with E-state index in [1.165, 1.54) is 0 Å². The van der Waals surface area contributed by atoms with E-state index in [2.05, 4.69) is 5.10 Å². The van der Waals surface area contributed by atoms with Gasteiger partial charge in [0.2, 0.25) is 0 Å². The van der Waals surface area contributed by atoms with Crippen molar-refractivity contribution in [3.8, 4) is 0 Å². The first-order valence-corrected chi connectivity index (χ1v) is 3.96. The van der Waals surface area contributed by atoms with Gasteiger partial charge in [0.05, 0.1) is 18.3 Å². The molecule has 3 heteroatoms. The van der Waals surface area contributed by atoms with Crippen LogP contribution in [0.4, 0.5) is 0 Å². The van der Waals surface area contributed by atoms with E-state index in [1.807, 2.05) is 24.0 Å². The topological polar surface area (TPSA) is 38.0 Å². The Balaban J connectivity index is 2.16. The van der Waals surface area contributed by atoms with Crippen molar-refractivity contribution >= 4 is 0 Å². The Hall–Kier alpha value is -0.830. The van der Waals surface area contributed by atoms with Gasteiger partial charge in [-0.3, -0.25) is 4.68 Å². The summed E-state index contributed by atoms with van der Waals surface area (Å²) in [7, 11) is 0. The van der Waals surface area contributed by atoms with Gasteiger partial charge in [0.1, 0.15) is 0 Å². The van der Waals surface area contributed by atoms with Crippen LogP contribution in [0.25, 0.3) is 0 Å². The number of aliphatic hydroxyl groups is 1. The lowest BCUT2D eigenvalue weighted by Gasteiger charge is -2.32. The van der Waals surface area contributed by atoms with Crippen LogP contribution in [0.3, 0.4) is 0 Å². The molecular formula is C8H12N2O. The fourth-order valence-electron chi connectivity index (χ4n) is 1.39. The van der Waals surface area contributed by atoms with Crippen LogP contribution in [0.1, 0.15) is 24.4 Å². The minimum atomic E-state index is -0.172. The smallest absolute Gasteiger partial charge is 0.0779 e. The molecule has 0 bridgehead atoms. The van der Waals surface area contributed by atoms with Gasteiger partial charge in [-0.25, -0.2) is 0 Å². The molecule has 0 aromatic carbocycles. The molecule has 1 aromatic heterocycles. The molecular weight excluding hydrogens is 140 g/mol. The van der Waals surface area contributed by atoms with E-state index in [0.29, 0.717) is 0 Å². The summed E-state index contributed by atoms with van der Waals surface area (Å²) in [4.78, 5) is 0. The van der Waals surface area contributed by atoms with Crippen molar-refractivity contribution in [2.75, 3.05) is 0 Å². The van der Waals surface area contributed by atoms with Gasteiger partial charge in [0.15, 0.2) is 0 Å². The molecule has 1 aromatic rings. The Kier molecular flexibility index (Phi) is 1.46. The highest BCUT2D eigenvalue weighted by Crippen LogP contribution is 2.31. The summed E-state index contributed by atoms with van der Waals surface area (Å²) in [6.45, 7) is 2.01. The van der Waals surface area contributed by atoms with Crippen molar-refractivity contribution in [1.82, 2.24) is 9.78 Å². The van der Waals surface area contributed by atoms with Crippen LogP contribution >= 0.6 is 0 Å². The van der Waals surface area contributed by atoms with E-state index in [9.17, 15) is 5.11 Å². The van der Waals surface area contributed by atoms with Gasteiger partial charge in [-0.15, -0.1) is 0 Å². The number of nitrogens with zero attached hydrogens (tertiary/aromatic N) is 2. The van der Waals surface area contributed by atoms with E-state index in [-0.39, 0.29) is 12.1 Å². The van der Waals surface area contributed by atoms with Gasteiger partial charge in [-0.1, -0.05) is 0 Å². The van der Waals surface area contributed by atoms with E-state index < -0.39 is 0 Å². The van der Waals surface area contributed by atoms with Crippen molar-refractivity contribution in [2.45, 2.75) is 31.9 Å². The predicted molar refractivity (Wildman–Crippen MR) is 41.2 cm³/mol. The lowest BCUT2D eigenvalue weighted by molar-refractivity contribution is 0.0253. The number of aryl methyl sites for hydroxylation is 1. The quantitative estimate of drug-likeness (QED) is 0.649. The minimum absolute atomic E-state index is 0.172. The van der Waals surface area contributed by atoms with E-state index in [1.54, 1.807) is 0 Å². The van der Waals surface area contributed by atoms with Gasteiger partial charge >= 0.3 is 0 Å². The fraction of sp³-hybridized carbons (Fsp3) is 0.625. The molecule has 3 nitrogen and oxygen atoms in total. The van der Waals surface area contributed by atoms with Gasteiger partial charge in [0, 0.05) is 6.20 Å². The number of hydrogen-bond donors (Lipinski definition) is 1. The normalized spacial score (nSPS) is 30.0. The number of rotatable bonds is 1. The Morgan fingerprint density at radius 3 is 2.82 bits per heavy atom. The van der Waals surface area contributed by atoms with Gasteiger partial charge in [-0.2, -0.15) is 5.10 Å². The van der Waals surface area contributed by atoms with Crippen LogP contribution in [0.2, 0.25) is 0 Å². The molecule has 2 rings (SSSR count). The fourth-order valence-corrected chi connectivity index (χ4v) is 1.39. The van der Waals surface area contributed by atoms with Crippen molar-refractivity contribution < 1.29 is 5.11 Å². The molecule has 1 aliphatic carbocycles. The summed E-state index contributed by atoms with van der Waals surface area (Å²) in [6, 6.07) is 0.240. The standard InChI is InChI=1S/C8H12N2O/c1-6-4-9-10(5-6)7-2-3-8(7)11/h4-5,7-8,11H,2-3H2,1H3/t7-,8-/m1/s1. The summed E-state index contributed by atoms with van der Waals surface area (Å²) < 4.78 is 1.86. The van der Waals surface area contributed by atoms with Crippen molar-refractivity contribution in [3.63, 3.8) is 0 Å². The molecule has 0 spiro atoms. The number of aromatic nitrogens is 2. The first-order valence-electron chi connectivity index (χ1n) is 3.96. The first-order chi connectivity index (χ1) is 5.27. The highest BCUT2D eigenvalue weighted by molar-refractivity contribution is 5.02. The molecule has 1 fully saturated rings. The Labute approximate surface area is 65.7 Å². The molecule has 1 aliphatic rings. The Bertz CT molecular complexity index is 256. The lowest BCUT2D eigenvalue weighted by atomic mass is 9.89. The van der Waals surface area contributed by atoms with E-state index in [0.717, 1.165) is 18.4 Å². The first kappa shape index (κ1) is 6.85. The van der Waals surface area contributed by atoms with Crippen molar-refractivity contribution in [1.29, 1.82) is 0 Å². The summed E-state index contributed by atoms with van der Waals surface area (Å²) in [5.41, 5.74) is 1.16. The van der Waals surface area contributed by atoms with Crippen LogP contribution < -0.4 is 0 Å². The molecule has 2 atom stereocenters. The van der Waals surface area contributed by atoms with E-state index in [4.69, 9.17) is 0 Å². The highest BCUT2D eigenvalue weighted by atomic mass is 16.3. The minimum Gasteiger partial charge on any atom is -0.391 e. The molecule has 0 amide bonds. The highest BCUT2D eigenvalue weighted by Gasteiger charge is 2.30. The molecule has 0 aliphatic heterocycles. The summed E-state index contributed by atoms with van der Waals surface area (Å²) in [5.74, 6) is 0. The SMILES string of the molecule is Cc1cnn([C@@H]2CC[C@H]2O)c1. The van der Waals surface area contributed by atoms with Crippen molar-refractivity contribution in [2.24, 2.45) is 0 Å². The third kappa shape index (κ3) is 1.05. The zero-order valence-corrected chi connectivity index (χ0v) is 6.57. The number of aliphatic hydroxyl groups excluding tert-OH is 1. The third-order valence-corrected chi connectivity index (χ3v) is 2.27. The van der Waals surface area contributed by atoms with E-state index >= 15 is 0 Å². The van der Waals surface area contributed by atoms with Crippen LogP contribution in [-0.4, -0.2) is 21.0 Å². The lowest BCUT2D eigenvalue weighted by Crippen LogP contribution is -2.33. The summed E-state index contributed by atoms with van der Waals surface area (Å²) >= 11 is 0. The summed E-state index contributed by atoms with van der Waals surface area (Å²) in [6.07, 6.45) is 5.61. The maximum Gasteiger partial charge on any atom is 0.0779 e. The zero-order chi connectivity index (χ0) is 7.84. The molecule has 0 unspecified atom stereocenters. The van der Waals surface area contributed by atoms with Gasteiger partial charge < -0.3 is 5.11 Å². The third-order valence-electron chi connectivity index (χ3n) is 2.27. The maximum atomic E-state index is 9.31. The average molecular weight is 152 g/mol. The molecule has 0 radical (unpaired) electrons. The van der Waals surface area contributed by atoms with Crippen LogP contribution in [0.15, 0.2) is 12.4 Å². The second-order valence-electron chi connectivity index (χ2n) is 3.21. The Morgan fingerprint density at radius 2 is 2.45 bits per heavy atom. The van der Waals surface area contributed by atoms with Gasteiger partial charge in [-0.05, 0) is 25.3 Å². The van der Waals surface area contributed by atoms with Crippen LogP contribution in [-0.2, 0) is 0 Å². The van der Waals surface area contributed by atoms with Crippen LogP contribution in [0, 0.1) is 6.92 Å². The Morgan fingerprint density at radius 1 is 1.64 bits per heavy atom. The molecule has 60 valence electrons. The maximum absolute atomic E-state index is 9.31. The zero-order valence-electron chi connectivity index (χ0n) is 6.57. The molecule has 11 heavy (non-hydrogen) atoms. The molecule has 1 heterocycles. The average Bonchev–Trinajstić information content (AvgIpc) is 2.33.